The molecule has 0 aromatic heterocycles. The lowest BCUT2D eigenvalue weighted by Gasteiger charge is -2.30. The van der Waals surface area contributed by atoms with E-state index in [1.165, 1.54) is 17.4 Å². The summed E-state index contributed by atoms with van der Waals surface area (Å²) in [6.45, 7) is 7.73. The maximum atomic E-state index is 11.6. The van der Waals surface area contributed by atoms with Crippen LogP contribution in [-0.2, 0) is 16.6 Å². The number of sulfonamides is 1. The second-order valence-electron chi connectivity index (χ2n) is 7.14. The minimum Gasteiger partial charge on any atom is -0.357 e. The summed E-state index contributed by atoms with van der Waals surface area (Å²) in [4.78, 5) is 6.94. The predicted molar refractivity (Wildman–Crippen MR) is 123 cm³/mol. The lowest BCUT2D eigenvalue weighted by Crippen LogP contribution is -2.40. The van der Waals surface area contributed by atoms with Crippen LogP contribution in [-0.4, -0.2) is 63.1 Å². The average Bonchev–Trinajstić information content (AvgIpc) is 2.60. The van der Waals surface area contributed by atoms with Crippen molar-refractivity contribution in [2.24, 2.45) is 10.9 Å². The number of rotatable bonds is 6. The number of aryl methyl sites for hydroxylation is 1. The first-order valence-corrected chi connectivity index (χ1v) is 11.1. The van der Waals surface area contributed by atoms with Crippen molar-refractivity contribution < 1.29 is 8.42 Å². The van der Waals surface area contributed by atoms with Gasteiger partial charge in [-0.25, -0.2) is 12.7 Å². The molecule has 1 fully saturated rings. The fourth-order valence-corrected chi connectivity index (χ4v) is 4.03. The molecule has 1 saturated heterocycles. The maximum absolute atomic E-state index is 11.6. The van der Waals surface area contributed by atoms with Crippen molar-refractivity contribution in [2.45, 2.75) is 33.2 Å². The number of hydrogen-bond acceptors (Lipinski definition) is 3. The van der Waals surface area contributed by atoms with Crippen molar-refractivity contribution >= 4 is 40.0 Å². The largest absolute Gasteiger partial charge is 0.357 e. The summed E-state index contributed by atoms with van der Waals surface area (Å²) >= 11 is 0. The van der Waals surface area contributed by atoms with Gasteiger partial charge in [-0.3, -0.25) is 4.99 Å². The van der Waals surface area contributed by atoms with Gasteiger partial charge in [0.2, 0.25) is 10.0 Å². The van der Waals surface area contributed by atoms with Gasteiger partial charge in [0.15, 0.2) is 5.96 Å². The van der Waals surface area contributed by atoms with Gasteiger partial charge in [0, 0.05) is 39.8 Å². The third-order valence-electron chi connectivity index (χ3n) is 4.78. The minimum atomic E-state index is -3.06. The molecule has 0 unspecified atom stereocenters. The van der Waals surface area contributed by atoms with Crippen LogP contribution in [0.15, 0.2) is 29.3 Å². The Balaban J connectivity index is 0.00000364. The first-order chi connectivity index (χ1) is 12.3. The number of nitrogens with zero attached hydrogens (tertiary/aromatic N) is 3. The van der Waals surface area contributed by atoms with Gasteiger partial charge in [-0.1, -0.05) is 29.8 Å². The summed E-state index contributed by atoms with van der Waals surface area (Å²) in [7, 11) is -1.01. The van der Waals surface area contributed by atoms with Crippen molar-refractivity contribution in [3.05, 3.63) is 35.4 Å². The highest BCUT2D eigenvalue weighted by Gasteiger charge is 2.24. The molecule has 0 spiro atoms. The Hall–Kier alpha value is -0.870. The molecule has 0 aliphatic carbocycles. The van der Waals surface area contributed by atoms with Gasteiger partial charge in [0.25, 0.3) is 0 Å². The zero-order valence-electron chi connectivity index (χ0n) is 16.8. The number of piperidine rings is 1. The third-order valence-corrected chi connectivity index (χ3v) is 6.08. The Morgan fingerprint density at radius 3 is 2.37 bits per heavy atom. The van der Waals surface area contributed by atoms with Crippen LogP contribution in [0, 0.1) is 12.8 Å². The van der Waals surface area contributed by atoms with E-state index in [2.05, 4.69) is 48.3 Å². The standard InChI is InChI=1S/C19H32N4O2S.HI/c1-5-20-19(22(3)15-18-8-6-16(2)7-9-18)21-14-17-10-12-23(13-11-17)26(4,24)25;/h6-9,17H,5,10-15H2,1-4H3,(H,20,21);1H. The molecule has 1 aromatic rings. The molecule has 0 bridgehead atoms. The number of guanidine groups is 1. The second-order valence-corrected chi connectivity index (χ2v) is 9.12. The monoisotopic (exact) mass is 508 g/mol. The van der Waals surface area contributed by atoms with E-state index in [-0.39, 0.29) is 24.0 Å². The van der Waals surface area contributed by atoms with E-state index < -0.39 is 10.0 Å². The molecule has 1 aliphatic rings. The Morgan fingerprint density at radius 1 is 1.26 bits per heavy atom. The molecule has 6 nitrogen and oxygen atoms in total. The fraction of sp³-hybridized carbons (Fsp3) is 0.632. The van der Waals surface area contributed by atoms with Gasteiger partial charge in [0.05, 0.1) is 6.26 Å². The summed E-state index contributed by atoms with van der Waals surface area (Å²) in [5.74, 6) is 1.34. The van der Waals surface area contributed by atoms with Gasteiger partial charge in [-0.05, 0) is 38.2 Å². The zero-order valence-corrected chi connectivity index (χ0v) is 20.0. The summed E-state index contributed by atoms with van der Waals surface area (Å²) in [5, 5.41) is 3.36. The van der Waals surface area contributed by atoms with Crippen LogP contribution >= 0.6 is 24.0 Å². The van der Waals surface area contributed by atoms with Gasteiger partial charge in [-0.2, -0.15) is 0 Å². The molecule has 0 saturated carbocycles. The highest BCUT2D eigenvalue weighted by atomic mass is 127. The van der Waals surface area contributed by atoms with Gasteiger partial charge >= 0.3 is 0 Å². The molecular weight excluding hydrogens is 475 g/mol. The zero-order chi connectivity index (χ0) is 19.2. The van der Waals surface area contributed by atoms with Crippen LogP contribution in [0.5, 0.6) is 0 Å². The number of benzene rings is 1. The Bertz CT molecular complexity index is 699. The number of nitrogens with one attached hydrogen (secondary N) is 1. The third kappa shape index (κ3) is 7.95. The molecule has 1 heterocycles. The van der Waals surface area contributed by atoms with Crippen LogP contribution < -0.4 is 5.32 Å². The van der Waals surface area contributed by atoms with E-state index in [1.807, 2.05) is 7.05 Å². The number of hydrogen-bond donors (Lipinski definition) is 1. The summed E-state index contributed by atoms with van der Waals surface area (Å²) in [6, 6.07) is 8.55. The van der Waals surface area contributed by atoms with E-state index in [0.717, 1.165) is 38.4 Å². The van der Waals surface area contributed by atoms with Crippen molar-refractivity contribution in [3.8, 4) is 0 Å². The molecule has 0 amide bonds. The van der Waals surface area contributed by atoms with E-state index in [1.54, 1.807) is 4.31 Å². The summed E-state index contributed by atoms with van der Waals surface area (Å²) in [5.41, 5.74) is 2.52. The van der Waals surface area contributed by atoms with E-state index >= 15 is 0 Å². The van der Waals surface area contributed by atoms with Gasteiger partial charge in [-0.15, -0.1) is 24.0 Å². The van der Waals surface area contributed by atoms with Crippen molar-refractivity contribution in [3.63, 3.8) is 0 Å². The van der Waals surface area contributed by atoms with Crippen molar-refractivity contribution in [1.29, 1.82) is 0 Å². The normalized spacial score (nSPS) is 16.7. The fourth-order valence-electron chi connectivity index (χ4n) is 3.15. The van der Waals surface area contributed by atoms with Gasteiger partial charge in [0.1, 0.15) is 0 Å². The predicted octanol–water partition coefficient (Wildman–Crippen LogP) is 2.68. The first kappa shape index (κ1) is 24.2. The van der Waals surface area contributed by atoms with E-state index in [0.29, 0.717) is 19.0 Å². The molecule has 1 N–H and O–H groups in total. The minimum absolute atomic E-state index is 0. The first-order valence-electron chi connectivity index (χ1n) is 9.29. The quantitative estimate of drug-likeness (QED) is 0.365. The lowest BCUT2D eigenvalue weighted by atomic mass is 9.98. The topological polar surface area (TPSA) is 65.0 Å². The molecular formula is C19H33IN4O2S. The Morgan fingerprint density at radius 2 is 1.85 bits per heavy atom. The number of aliphatic imine (C=N–C) groups is 1. The summed E-state index contributed by atoms with van der Waals surface area (Å²) < 4.78 is 24.8. The van der Waals surface area contributed by atoms with Crippen LogP contribution in [0.2, 0.25) is 0 Å². The highest BCUT2D eigenvalue weighted by molar-refractivity contribution is 14.0. The maximum Gasteiger partial charge on any atom is 0.211 e. The molecule has 154 valence electrons. The van der Waals surface area contributed by atoms with Crippen LogP contribution in [0.25, 0.3) is 0 Å². The van der Waals surface area contributed by atoms with Crippen LogP contribution in [0.3, 0.4) is 0 Å². The molecule has 1 aliphatic heterocycles. The van der Waals surface area contributed by atoms with Crippen molar-refractivity contribution in [1.82, 2.24) is 14.5 Å². The van der Waals surface area contributed by atoms with Gasteiger partial charge < -0.3 is 10.2 Å². The SMILES string of the molecule is CCNC(=NCC1CCN(S(C)(=O)=O)CC1)N(C)Cc1ccc(C)cc1.I. The molecule has 27 heavy (non-hydrogen) atoms. The van der Waals surface area contributed by atoms with E-state index in [9.17, 15) is 8.42 Å². The molecule has 2 rings (SSSR count). The molecule has 0 atom stereocenters. The molecule has 1 aromatic carbocycles. The summed E-state index contributed by atoms with van der Waals surface area (Å²) in [6.07, 6.45) is 3.03. The number of halogens is 1. The Kier molecular flexibility index (Phi) is 10.0. The lowest BCUT2D eigenvalue weighted by molar-refractivity contribution is 0.279. The van der Waals surface area contributed by atoms with E-state index in [4.69, 9.17) is 4.99 Å². The molecule has 8 heteroatoms. The Labute approximate surface area is 181 Å². The average molecular weight is 508 g/mol. The molecule has 0 radical (unpaired) electrons. The van der Waals surface area contributed by atoms with Crippen molar-refractivity contribution in [2.75, 3.05) is 39.5 Å². The highest BCUT2D eigenvalue weighted by Crippen LogP contribution is 2.19. The van der Waals surface area contributed by atoms with Crippen LogP contribution in [0.4, 0.5) is 0 Å². The second kappa shape index (κ2) is 11.2. The van der Waals surface area contributed by atoms with Crippen LogP contribution in [0.1, 0.15) is 30.9 Å². The smallest absolute Gasteiger partial charge is 0.211 e.